The van der Waals surface area contributed by atoms with Gasteiger partial charge in [0.1, 0.15) is 0 Å². The van der Waals surface area contributed by atoms with Crippen molar-refractivity contribution in [1.29, 1.82) is 0 Å². The van der Waals surface area contributed by atoms with Crippen molar-refractivity contribution in [1.82, 2.24) is 5.32 Å². The maximum Gasteiger partial charge on any atom is 0.0945 e. The molecule has 0 aromatic heterocycles. The Morgan fingerprint density at radius 3 is 1.30 bits per heavy atom. The Balaban J connectivity index is 0. The van der Waals surface area contributed by atoms with Crippen LogP contribution in [0.25, 0.3) is 0 Å². The summed E-state index contributed by atoms with van der Waals surface area (Å²) >= 11 is 0. The van der Waals surface area contributed by atoms with E-state index in [2.05, 4.69) is 39.9 Å². The highest BCUT2D eigenvalue weighted by atomic mass is 32.2. The molecule has 0 amide bonds. The third kappa shape index (κ3) is 22.5. The van der Waals surface area contributed by atoms with Gasteiger partial charge in [0.25, 0.3) is 0 Å². The standard InChI is InChI=1S/C16H36N.C8H19NO3S/c1-5-9-13-17(14-10-6-2,15-11-7-3)16-12-8-4;1-2-3-6-9-7-4-5-8-13(10,11)12/h5-16H2,1-4H3;9H,2-8H2,1H3,(H,10,11,12)/q+1;/p-1. The lowest BCUT2D eigenvalue weighted by molar-refractivity contribution is -0.929. The highest BCUT2D eigenvalue weighted by Crippen LogP contribution is 2.16. The molecule has 1 N–H and O–H groups in total. The summed E-state index contributed by atoms with van der Waals surface area (Å²) in [5.41, 5.74) is 0. The Labute approximate surface area is 189 Å². The van der Waals surface area contributed by atoms with Crippen LogP contribution in [0.1, 0.15) is 112 Å². The lowest BCUT2D eigenvalue weighted by atomic mass is 10.1. The van der Waals surface area contributed by atoms with E-state index in [1.807, 2.05) is 0 Å². The summed E-state index contributed by atoms with van der Waals surface area (Å²) in [6, 6.07) is 0. The van der Waals surface area contributed by atoms with Crippen LogP contribution in [0.15, 0.2) is 0 Å². The van der Waals surface area contributed by atoms with Crippen molar-refractivity contribution in [2.24, 2.45) is 0 Å². The first-order chi connectivity index (χ1) is 14.3. The van der Waals surface area contributed by atoms with E-state index in [9.17, 15) is 13.0 Å². The normalized spacial score (nSPS) is 11.9. The van der Waals surface area contributed by atoms with E-state index in [1.165, 1.54) is 82.0 Å². The highest BCUT2D eigenvalue weighted by molar-refractivity contribution is 7.85. The van der Waals surface area contributed by atoms with Gasteiger partial charge in [0.2, 0.25) is 0 Å². The Hall–Kier alpha value is -0.170. The molecule has 0 aliphatic heterocycles. The van der Waals surface area contributed by atoms with Gasteiger partial charge in [-0.1, -0.05) is 66.7 Å². The fourth-order valence-electron chi connectivity index (χ4n) is 3.60. The number of nitrogens with zero attached hydrogens (tertiary/aromatic N) is 1. The summed E-state index contributed by atoms with van der Waals surface area (Å²) in [4.78, 5) is 0. The SMILES string of the molecule is CCCCNCCCCS(=O)(=O)[O-].CCCC[N+](CCCC)(CCCC)CCCC. The molecular formula is C24H54N2O3S. The van der Waals surface area contributed by atoms with Gasteiger partial charge in [-0.15, -0.1) is 0 Å². The van der Waals surface area contributed by atoms with Crippen molar-refractivity contribution in [3.63, 3.8) is 0 Å². The van der Waals surface area contributed by atoms with Crippen molar-refractivity contribution in [3.8, 4) is 0 Å². The summed E-state index contributed by atoms with van der Waals surface area (Å²) in [7, 11) is -4.00. The second-order valence-electron chi connectivity index (χ2n) is 8.72. The smallest absolute Gasteiger partial charge is 0.0945 e. The molecule has 6 heteroatoms. The van der Waals surface area contributed by atoms with Crippen LogP contribution in [-0.4, -0.2) is 62.5 Å². The van der Waals surface area contributed by atoms with E-state index in [0.717, 1.165) is 32.4 Å². The van der Waals surface area contributed by atoms with Crippen LogP contribution in [0, 0.1) is 0 Å². The molecular weight excluding hydrogens is 396 g/mol. The first kappa shape index (κ1) is 32.0. The van der Waals surface area contributed by atoms with Gasteiger partial charge in [0.15, 0.2) is 0 Å². The number of hydrogen-bond donors (Lipinski definition) is 1. The van der Waals surface area contributed by atoms with Gasteiger partial charge in [-0.3, -0.25) is 0 Å². The Kier molecular flexibility index (Phi) is 23.5. The fraction of sp³-hybridized carbons (Fsp3) is 1.00. The van der Waals surface area contributed by atoms with Crippen molar-refractivity contribution in [2.75, 3.05) is 45.0 Å². The Bertz CT molecular complexity index is 404. The number of quaternary nitrogens is 1. The highest BCUT2D eigenvalue weighted by Gasteiger charge is 2.24. The zero-order valence-corrected chi connectivity index (χ0v) is 21.8. The van der Waals surface area contributed by atoms with Gasteiger partial charge in [0, 0.05) is 5.75 Å². The molecule has 0 saturated carbocycles. The quantitative estimate of drug-likeness (QED) is 0.147. The molecule has 0 spiro atoms. The third-order valence-electron chi connectivity index (χ3n) is 5.65. The third-order valence-corrected chi connectivity index (χ3v) is 6.44. The van der Waals surface area contributed by atoms with Gasteiger partial charge in [-0.05, 0) is 58.0 Å². The maximum atomic E-state index is 10.2. The Morgan fingerprint density at radius 1 is 0.600 bits per heavy atom. The largest absolute Gasteiger partial charge is 0.748 e. The van der Waals surface area contributed by atoms with Gasteiger partial charge in [-0.25, -0.2) is 8.42 Å². The molecule has 0 rings (SSSR count). The molecule has 0 unspecified atom stereocenters. The molecule has 0 heterocycles. The summed E-state index contributed by atoms with van der Waals surface area (Å²) in [5, 5.41) is 3.18. The molecule has 0 saturated heterocycles. The lowest BCUT2D eigenvalue weighted by Crippen LogP contribution is -2.50. The first-order valence-corrected chi connectivity index (χ1v) is 14.4. The second-order valence-corrected chi connectivity index (χ2v) is 10.2. The predicted molar refractivity (Wildman–Crippen MR) is 131 cm³/mol. The zero-order valence-electron chi connectivity index (χ0n) is 21.0. The number of hydrogen-bond acceptors (Lipinski definition) is 4. The minimum Gasteiger partial charge on any atom is -0.748 e. The van der Waals surface area contributed by atoms with E-state index < -0.39 is 10.1 Å². The van der Waals surface area contributed by atoms with Crippen LogP contribution in [0.4, 0.5) is 0 Å². The topological polar surface area (TPSA) is 69.2 Å². The number of rotatable bonds is 20. The number of unbranched alkanes of at least 4 members (excludes halogenated alkanes) is 6. The summed E-state index contributed by atoms with van der Waals surface area (Å²) in [5.74, 6) is -0.234. The molecule has 0 atom stereocenters. The molecule has 0 fully saturated rings. The molecule has 0 bridgehead atoms. The van der Waals surface area contributed by atoms with Gasteiger partial charge in [0.05, 0.1) is 36.3 Å². The van der Waals surface area contributed by atoms with E-state index in [-0.39, 0.29) is 5.75 Å². The predicted octanol–water partition coefficient (Wildman–Crippen LogP) is 5.71. The van der Waals surface area contributed by atoms with Crippen molar-refractivity contribution >= 4 is 10.1 Å². The Morgan fingerprint density at radius 2 is 0.967 bits per heavy atom. The molecule has 0 aliphatic carbocycles. The van der Waals surface area contributed by atoms with Crippen molar-refractivity contribution in [2.45, 2.75) is 112 Å². The molecule has 30 heavy (non-hydrogen) atoms. The molecule has 0 radical (unpaired) electrons. The maximum absolute atomic E-state index is 10.2. The molecule has 0 aromatic carbocycles. The lowest BCUT2D eigenvalue weighted by Gasteiger charge is -2.39. The minimum atomic E-state index is -4.00. The summed E-state index contributed by atoms with van der Waals surface area (Å²) < 4.78 is 32.0. The number of nitrogens with one attached hydrogen (secondary N) is 1. The van der Waals surface area contributed by atoms with E-state index in [0.29, 0.717) is 6.42 Å². The van der Waals surface area contributed by atoms with Crippen LogP contribution in [0.5, 0.6) is 0 Å². The van der Waals surface area contributed by atoms with Gasteiger partial charge in [-0.2, -0.15) is 0 Å². The molecule has 184 valence electrons. The van der Waals surface area contributed by atoms with Gasteiger partial charge < -0.3 is 14.4 Å². The van der Waals surface area contributed by atoms with Crippen LogP contribution in [-0.2, 0) is 10.1 Å². The van der Waals surface area contributed by atoms with Crippen LogP contribution < -0.4 is 5.32 Å². The molecule has 0 aliphatic rings. The van der Waals surface area contributed by atoms with E-state index in [4.69, 9.17) is 0 Å². The first-order valence-electron chi connectivity index (χ1n) is 12.8. The molecule has 5 nitrogen and oxygen atoms in total. The minimum absolute atomic E-state index is 0.234. The monoisotopic (exact) mass is 450 g/mol. The zero-order chi connectivity index (χ0) is 23.1. The van der Waals surface area contributed by atoms with Crippen LogP contribution in [0.3, 0.4) is 0 Å². The summed E-state index contributed by atoms with van der Waals surface area (Å²) in [6.45, 7) is 18.9. The average molecular weight is 451 g/mol. The van der Waals surface area contributed by atoms with E-state index >= 15 is 0 Å². The van der Waals surface area contributed by atoms with Crippen LogP contribution in [0.2, 0.25) is 0 Å². The van der Waals surface area contributed by atoms with Crippen molar-refractivity contribution < 1.29 is 17.5 Å². The molecule has 0 aromatic rings. The second kappa shape index (κ2) is 22.0. The fourth-order valence-corrected chi connectivity index (χ4v) is 4.16. The average Bonchev–Trinajstić information content (AvgIpc) is 2.72. The van der Waals surface area contributed by atoms with E-state index in [1.54, 1.807) is 0 Å². The summed E-state index contributed by atoms with van der Waals surface area (Å²) in [6.07, 6.45) is 14.6. The van der Waals surface area contributed by atoms with Gasteiger partial charge >= 0.3 is 0 Å². The van der Waals surface area contributed by atoms with Crippen LogP contribution >= 0.6 is 0 Å². The van der Waals surface area contributed by atoms with Crippen molar-refractivity contribution in [3.05, 3.63) is 0 Å².